The molecule has 2 aliphatic carbocycles. The third-order valence-corrected chi connectivity index (χ3v) is 14.2. The van der Waals surface area contributed by atoms with Crippen molar-refractivity contribution in [3.05, 3.63) is 132 Å². The molecule has 0 spiro atoms. The molecule has 0 nitrogen and oxygen atoms in total. The topological polar surface area (TPSA) is 0 Å². The minimum absolute atomic E-state index is 0. The molecule has 0 heterocycles. The zero-order valence-corrected chi connectivity index (χ0v) is 26.7. The minimum atomic E-state index is -1.98. The van der Waals surface area contributed by atoms with Crippen molar-refractivity contribution in [1.29, 1.82) is 0 Å². The Morgan fingerprint density at radius 1 is 0.564 bits per heavy atom. The Labute approximate surface area is 263 Å². The van der Waals surface area contributed by atoms with E-state index in [9.17, 15) is 0 Å². The summed E-state index contributed by atoms with van der Waals surface area (Å²) in [6.45, 7) is 6.65. The van der Waals surface area contributed by atoms with Crippen molar-refractivity contribution in [2.45, 2.75) is 55.8 Å². The van der Waals surface area contributed by atoms with E-state index in [4.69, 9.17) is 0 Å². The number of fused-ring (bicyclic) bond motifs is 6. The van der Waals surface area contributed by atoms with E-state index in [0.717, 1.165) is 6.42 Å². The molecule has 4 heteroatoms. The molecule has 198 valence electrons. The van der Waals surface area contributed by atoms with Crippen molar-refractivity contribution in [3.8, 4) is 22.3 Å². The van der Waals surface area contributed by atoms with Crippen LogP contribution in [0.4, 0.5) is 0 Å². The fraction of sp³-hybridized carbons (Fsp3) is 0.257. The Balaban J connectivity index is 0.00000140. The Morgan fingerprint density at radius 3 is 1.26 bits per heavy atom. The Bertz CT molecular complexity index is 1230. The molecule has 0 radical (unpaired) electrons. The van der Waals surface area contributed by atoms with Gasteiger partial charge in [0.15, 0.2) is 0 Å². The van der Waals surface area contributed by atoms with Crippen LogP contribution >= 0.6 is 0 Å². The molecule has 0 saturated heterocycles. The molecule has 4 aromatic carbocycles. The van der Waals surface area contributed by atoms with Gasteiger partial charge in [-0.3, -0.25) is 0 Å². The molecule has 0 aliphatic heterocycles. The summed E-state index contributed by atoms with van der Waals surface area (Å²) in [5.74, 6) is 0. The molecule has 0 atom stereocenters. The first-order chi connectivity index (χ1) is 17.7. The van der Waals surface area contributed by atoms with Crippen molar-refractivity contribution in [1.82, 2.24) is 0 Å². The molecule has 4 aromatic rings. The van der Waals surface area contributed by atoms with E-state index in [1.54, 1.807) is 22.3 Å². The quantitative estimate of drug-likeness (QED) is 0.155. The van der Waals surface area contributed by atoms with Crippen molar-refractivity contribution < 1.29 is 46.5 Å². The Hall–Kier alpha value is -1.87. The summed E-state index contributed by atoms with van der Waals surface area (Å²) >= 11 is 0. The largest absolute Gasteiger partial charge is 2.00 e. The third-order valence-electron chi connectivity index (χ3n) is 8.86. The van der Waals surface area contributed by atoms with Crippen LogP contribution in [-0.4, -0.2) is 8.07 Å². The number of halogens is 2. The number of hydrogen-bond donors (Lipinski definition) is 0. The van der Waals surface area contributed by atoms with Crippen LogP contribution in [0.15, 0.2) is 110 Å². The first-order valence-corrected chi connectivity index (χ1v) is 16.6. The van der Waals surface area contributed by atoms with E-state index < -0.39 is 8.07 Å². The smallest absolute Gasteiger partial charge is 1.00 e. The molecule has 0 bridgehead atoms. The third kappa shape index (κ3) is 5.54. The van der Waals surface area contributed by atoms with Crippen molar-refractivity contribution in [2.75, 3.05) is 0 Å². The van der Waals surface area contributed by atoms with Crippen LogP contribution in [0.2, 0.25) is 12.6 Å². The second-order valence-electron chi connectivity index (χ2n) is 11.0. The molecular formula is C35H36Cl2SiTi. The summed E-state index contributed by atoms with van der Waals surface area (Å²) in [6, 6.07) is 38.4. The van der Waals surface area contributed by atoms with Gasteiger partial charge in [0.2, 0.25) is 0 Å². The van der Waals surface area contributed by atoms with E-state index in [0.29, 0.717) is 11.1 Å². The van der Waals surface area contributed by atoms with E-state index in [1.165, 1.54) is 54.0 Å². The second-order valence-corrected chi connectivity index (χ2v) is 15.6. The van der Waals surface area contributed by atoms with Crippen molar-refractivity contribution in [2.24, 2.45) is 0 Å². The van der Waals surface area contributed by atoms with E-state index in [1.807, 2.05) is 0 Å². The molecule has 6 rings (SSSR count). The standard InChI is InChI=1S/C35H36Si.2ClH.Ti/c1-3-4-5-6-7-16-25-36(2,34-30-21-12-8-17-26(30)27-18-9-13-22-31(27)34)35-32-23-14-10-19-28(32)29-20-11-15-24-33(29)35;;;/h3,8-15,17-24,34-35H,1,4-7,16,25H2,2H3;2*1H;/q;;;+2/p-2. The van der Waals surface area contributed by atoms with Crippen LogP contribution in [0.5, 0.6) is 0 Å². The van der Waals surface area contributed by atoms with Crippen LogP contribution in [0.3, 0.4) is 0 Å². The maximum atomic E-state index is 3.91. The average molecular weight is 604 g/mol. The van der Waals surface area contributed by atoms with Crippen molar-refractivity contribution >= 4 is 8.07 Å². The van der Waals surface area contributed by atoms with Crippen LogP contribution < -0.4 is 24.8 Å². The summed E-state index contributed by atoms with van der Waals surface area (Å²) in [4.78, 5) is 0. The summed E-state index contributed by atoms with van der Waals surface area (Å²) in [5.41, 5.74) is 13.2. The molecule has 0 aromatic heterocycles. The average Bonchev–Trinajstić information content (AvgIpc) is 3.45. The number of hydrogen-bond acceptors (Lipinski definition) is 0. The molecular weight excluding hydrogens is 567 g/mol. The van der Waals surface area contributed by atoms with Crippen LogP contribution in [-0.2, 0) is 21.7 Å². The van der Waals surface area contributed by atoms with Crippen LogP contribution in [0.1, 0.15) is 65.4 Å². The fourth-order valence-corrected chi connectivity index (χ4v) is 13.1. The number of benzene rings is 4. The Kier molecular flexibility index (Phi) is 11.1. The SMILES string of the molecule is C=CCCCCCC[Si](C)(C1c2ccccc2-c2ccccc21)C1c2ccccc2-c2ccccc21.[Cl-].[Cl-].[Ti+2]. The molecule has 0 N–H and O–H groups in total. The maximum Gasteiger partial charge on any atom is 2.00 e. The minimum Gasteiger partial charge on any atom is -1.00 e. The van der Waals surface area contributed by atoms with Gasteiger partial charge in [0.25, 0.3) is 0 Å². The van der Waals surface area contributed by atoms with Gasteiger partial charge in [-0.1, -0.05) is 135 Å². The normalized spacial score (nSPS) is 13.2. The zero-order valence-electron chi connectivity index (χ0n) is 22.7. The Morgan fingerprint density at radius 2 is 0.897 bits per heavy atom. The van der Waals surface area contributed by atoms with Gasteiger partial charge in [0.05, 0.1) is 8.07 Å². The van der Waals surface area contributed by atoms with Crippen molar-refractivity contribution in [3.63, 3.8) is 0 Å². The number of allylic oxidation sites excluding steroid dienone is 1. The van der Waals surface area contributed by atoms with Gasteiger partial charge in [-0.05, 0) is 57.3 Å². The van der Waals surface area contributed by atoms with Gasteiger partial charge >= 0.3 is 21.7 Å². The van der Waals surface area contributed by atoms with Crippen LogP contribution in [0, 0.1) is 0 Å². The van der Waals surface area contributed by atoms with Gasteiger partial charge in [0, 0.05) is 11.1 Å². The summed E-state index contributed by atoms with van der Waals surface area (Å²) in [6.07, 6.45) is 8.43. The van der Waals surface area contributed by atoms with Crippen LogP contribution in [0.25, 0.3) is 22.3 Å². The van der Waals surface area contributed by atoms with Gasteiger partial charge in [-0.25, -0.2) is 0 Å². The summed E-state index contributed by atoms with van der Waals surface area (Å²) in [7, 11) is -1.98. The predicted molar refractivity (Wildman–Crippen MR) is 157 cm³/mol. The molecule has 0 fully saturated rings. The first-order valence-electron chi connectivity index (χ1n) is 13.7. The molecule has 0 amide bonds. The number of unbranched alkanes of at least 4 members (excludes halogenated alkanes) is 4. The van der Waals surface area contributed by atoms with Gasteiger partial charge < -0.3 is 24.8 Å². The molecule has 0 saturated carbocycles. The maximum absolute atomic E-state index is 3.91. The predicted octanol–water partition coefficient (Wildman–Crippen LogP) is 3.91. The fourth-order valence-electron chi connectivity index (χ4n) is 7.34. The van der Waals surface area contributed by atoms with Gasteiger partial charge in [-0.2, -0.15) is 0 Å². The van der Waals surface area contributed by atoms with Gasteiger partial charge in [-0.15, -0.1) is 6.58 Å². The van der Waals surface area contributed by atoms with E-state index in [-0.39, 0.29) is 46.5 Å². The van der Waals surface area contributed by atoms with E-state index in [2.05, 4.69) is 116 Å². The molecule has 39 heavy (non-hydrogen) atoms. The first kappa shape index (κ1) is 31.7. The van der Waals surface area contributed by atoms with E-state index >= 15 is 0 Å². The second kappa shape index (κ2) is 13.7. The summed E-state index contributed by atoms with van der Waals surface area (Å²) < 4.78 is 0. The molecule has 0 unspecified atom stereocenters. The summed E-state index contributed by atoms with van der Waals surface area (Å²) in [5, 5.41) is 0. The number of rotatable bonds is 9. The van der Waals surface area contributed by atoms with Gasteiger partial charge in [0.1, 0.15) is 0 Å². The zero-order chi connectivity index (χ0) is 24.5. The molecule has 2 aliphatic rings. The monoisotopic (exact) mass is 602 g/mol.